The van der Waals surface area contributed by atoms with E-state index in [1.807, 2.05) is 78.9 Å². The Hall–Kier alpha value is -5.89. The van der Waals surface area contributed by atoms with Crippen molar-refractivity contribution in [1.82, 2.24) is 15.1 Å². The van der Waals surface area contributed by atoms with Gasteiger partial charge in [-0.3, -0.25) is 24.6 Å². The highest BCUT2D eigenvalue weighted by molar-refractivity contribution is 9.10. The molecule has 1 atom stereocenters. The second kappa shape index (κ2) is 17.1. The fourth-order valence-corrected chi connectivity index (χ4v) is 10.3. The van der Waals surface area contributed by atoms with E-state index >= 15 is 0 Å². The van der Waals surface area contributed by atoms with Gasteiger partial charge in [-0.2, -0.15) is 0 Å². The van der Waals surface area contributed by atoms with Gasteiger partial charge in [-0.25, -0.2) is 0 Å². The van der Waals surface area contributed by atoms with Crippen LogP contribution in [0.4, 0.5) is 5.69 Å². The number of imide groups is 1. The van der Waals surface area contributed by atoms with Crippen molar-refractivity contribution >= 4 is 60.8 Å². The number of hydrogen-bond donors (Lipinski definition) is 1. The standard InChI is InChI=1S/C49H45BrN4O7S/c1-58-36-9-2-30(3-10-36)29-59-39-15-17-42-44(27-39)62-47(31-4-6-33(50)7-5-31)46(42)61-38-13-11-37(12-14-38)60-40-25-35(26-40)53-22-20-52(21-23-53)34-8-16-41-32(24-34)28-54(49(41)57)43-18-19-45(55)51-48(43)56/h2-17,24,27,35,40,43H,18-23,25-26,28-29H2,1H3,(H,51,55,56). The van der Waals surface area contributed by atoms with Crippen LogP contribution in [0, 0.1) is 0 Å². The van der Waals surface area contributed by atoms with E-state index in [-0.39, 0.29) is 30.2 Å². The second-order valence-corrected chi connectivity index (χ2v) is 18.2. The van der Waals surface area contributed by atoms with Gasteiger partial charge in [-0.1, -0.05) is 40.2 Å². The molecule has 62 heavy (non-hydrogen) atoms. The third kappa shape index (κ3) is 8.24. The highest BCUT2D eigenvalue weighted by Crippen LogP contribution is 2.48. The number of thiophene rings is 1. The number of fused-ring (bicyclic) bond motifs is 2. The van der Waals surface area contributed by atoms with Gasteiger partial charge in [0, 0.05) is 83.8 Å². The van der Waals surface area contributed by atoms with Crippen molar-refractivity contribution in [3.63, 3.8) is 0 Å². The third-order valence-corrected chi connectivity index (χ3v) is 14.1. The van der Waals surface area contributed by atoms with Crippen molar-refractivity contribution in [2.45, 2.75) is 57.0 Å². The lowest BCUT2D eigenvalue weighted by molar-refractivity contribution is -0.136. The molecule has 0 spiro atoms. The molecule has 316 valence electrons. The number of carbonyl (C=O) groups excluding carboxylic acids is 3. The Bertz CT molecular complexity index is 2640. The van der Waals surface area contributed by atoms with Crippen molar-refractivity contribution in [1.29, 1.82) is 0 Å². The Balaban J connectivity index is 0.733. The van der Waals surface area contributed by atoms with Crippen molar-refractivity contribution in [3.05, 3.63) is 130 Å². The van der Waals surface area contributed by atoms with Crippen molar-refractivity contribution in [3.8, 4) is 39.2 Å². The number of benzene rings is 5. The molecule has 0 bridgehead atoms. The molecule has 4 heterocycles. The largest absolute Gasteiger partial charge is 0.497 e. The first-order valence-electron chi connectivity index (χ1n) is 21.0. The second-order valence-electron chi connectivity index (χ2n) is 16.3. The van der Waals surface area contributed by atoms with Crippen molar-refractivity contribution < 1.29 is 33.3 Å². The monoisotopic (exact) mass is 912 g/mol. The summed E-state index contributed by atoms with van der Waals surface area (Å²) in [6, 6.07) is 36.2. The minimum absolute atomic E-state index is 0.141. The predicted molar refractivity (Wildman–Crippen MR) is 243 cm³/mol. The van der Waals surface area contributed by atoms with E-state index in [0.29, 0.717) is 31.2 Å². The number of piperazine rings is 1. The van der Waals surface area contributed by atoms with Gasteiger partial charge >= 0.3 is 0 Å². The zero-order chi connectivity index (χ0) is 42.3. The van der Waals surface area contributed by atoms with E-state index < -0.39 is 6.04 Å². The van der Waals surface area contributed by atoms with Crippen LogP contribution in [-0.2, 0) is 22.7 Å². The molecule has 3 fully saturated rings. The summed E-state index contributed by atoms with van der Waals surface area (Å²) in [6.07, 6.45) is 2.75. The summed E-state index contributed by atoms with van der Waals surface area (Å²) in [6.45, 7) is 4.55. The minimum atomic E-state index is -0.605. The average molecular weight is 914 g/mol. The number of hydrogen-bond acceptors (Lipinski definition) is 10. The molecule has 2 saturated heterocycles. The molecule has 1 saturated carbocycles. The summed E-state index contributed by atoms with van der Waals surface area (Å²) in [7, 11) is 1.66. The Labute approximate surface area is 372 Å². The molecule has 4 aliphatic rings. The van der Waals surface area contributed by atoms with Gasteiger partial charge in [0.1, 0.15) is 41.8 Å². The van der Waals surface area contributed by atoms with Gasteiger partial charge in [0.2, 0.25) is 11.8 Å². The van der Waals surface area contributed by atoms with Gasteiger partial charge in [-0.05, 0) is 108 Å². The lowest BCUT2D eigenvalue weighted by Crippen LogP contribution is -2.56. The molecule has 0 radical (unpaired) electrons. The molecule has 1 aliphatic carbocycles. The third-order valence-electron chi connectivity index (χ3n) is 12.4. The maximum Gasteiger partial charge on any atom is 0.255 e. The zero-order valence-corrected chi connectivity index (χ0v) is 36.6. The summed E-state index contributed by atoms with van der Waals surface area (Å²) >= 11 is 5.26. The molecule has 1 aromatic heterocycles. The zero-order valence-electron chi connectivity index (χ0n) is 34.2. The van der Waals surface area contributed by atoms with Crippen LogP contribution in [0.5, 0.6) is 28.7 Å². The molecule has 1 N–H and O–H groups in total. The van der Waals surface area contributed by atoms with Gasteiger partial charge in [0.15, 0.2) is 5.75 Å². The smallest absolute Gasteiger partial charge is 0.255 e. The van der Waals surface area contributed by atoms with E-state index in [1.54, 1.807) is 23.3 Å². The van der Waals surface area contributed by atoms with Gasteiger partial charge in [0.25, 0.3) is 5.91 Å². The summed E-state index contributed by atoms with van der Waals surface area (Å²) in [4.78, 5) is 44.9. The Morgan fingerprint density at radius 2 is 1.52 bits per heavy atom. The molecule has 6 aromatic rings. The van der Waals surface area contributed by atoms with Crippen LogP contribution in [0.25, 0.3) is 20.5 Å². The summed E-state index contributed by atoms with van der Waals surface area (Å²) in [5.74, 6) is 3.19. The van der Waals surface area contributed by atoms with Gasteiger partial charge in [0.05, 0.1) is 12.0 Å². The molecule has 3 amide bonds. The quantitative estimate of drug-likeness (QED) is 0.120. The van der Waals surface area contributed by atoms with E-state index in [0.717, 1.165) is 110 Å². The number of rotatable bonds is 12. The predicted octanol–water partition coefficient (Wildman–Crippen LogP) is 9.20. The molecular formula is C49H45BrN4O7S. The summed E-state index contributed by atoms with van der Waals surface area (Å²) < 4.78 is 26.7. The van der Waals surface area contributed by atoms with Crippen LogP contribution < -0.4 is 29.2 Å². The average Bonchev–Trinajstić information content (AvgIpc) is 3.80. The van der Waals surface area contributed by atoms with Crippen molar-refractivity contribution in [2.75, 3.05) is 38.2 Å². The number of nitrogens with zero attached hydrogens (tertiary/aromatic N) is 3. The van der Waals surface area contributed by atoms with Crippen LogP contribution in [0.2, 0.25) is 0 Å². The van der Waals surface area contributed by atoms with E-state index in [2.05, 4.69) is 61.4 Å². The molecule has 10 rings (SSSR count). The van der Waals surface area contributed by atoms with Gasteiger partial charge in [-0.15, -0.1) is 11.3 Å². The summed E-state index contributed by atoms with van der Waals surface area (Å²) in [5.41, 5.74) is 4.82. The Kier molecular flexibility index (Phi) is 11.1. The number of nitrogens with one attached hydrogen (secondary N) is 1. The number of methoxy groups -OCH3 is 1. The highest BCUT2D eigenvalue weighted by Gasteiger charge is 2.40. The molecule has 13 heteroatoms. The lowest BCUT2D eigenvalue weighted by atomic mass is 9.87. The SMILES string of the molecule is COc1ccc(COc2ccc3c(Oc4ccc(OC5CC(N6CCN(c7ccc8c(c7)CN(C7CCC(=O)NC7=O)C8=O)CC6)C5)cc4)c(-c4ccc(Br)cc4)sc3c2)cc1. The molecule has 11 nitrogen and oxygen atoms in total. The van der Waals surface area contributed by atoms with Crippen LogP contribution in [0.3, 0.4) is 0 Å². The first-order valence-corrected chi connectivity index (χ1v) is 22.6. The first-order chi connectivity index (χ1) is 30.2. The number of piperidine rings is 1. The van der Waals surface area contributed by atoms with Crippen LogP contribution in [0.1, 0.15) is 47.2 Å². The molecular weight excluding hydrogens is 869 g/mol. The first kappa shape index (κ1) is 40.2. The molecule has 5 aromatic carbocycles. The lowest BCUT2D eigenvalue weighted by Gasteiger charge is -2.46. The normalized spacial score (nSPS) is 20.2. The molecule has 3 aliphatic heterocycles. The molecule has 1 unspecified atom stereocenters. The number of amides is 3. The Morgan fingerprint density at radius 1 is 0.790 bits per heavy atom. The number of carbonyl (C=O) groups is 3. The number of anilines is 1. The highest BCUT2D eigenvalue weighted by atomic mass is 79.9. The van der Waals surface area contributed by atoms with Crippen LogP contribution in [0.15, 0.2) is 114 Å². The van der Waals surface area contributed by atoms with Crippen molar-refractivity contribution in [2.24, 2.45) is 0 Å². The Morgan fingerprint density at radius 3 is 2.26 bits per heavy atom. The number of halogens is 1. The van der Waals surface area contributed by atoms with E-state index in [9.17, 15) is 14.4 Å². The fourth-order valence-electron chi connectivity index (χ4n) is 8.86. The van der Waals surface area contributed by atoms with Gasteiger partial charge < -0.3 is 28.7 Å². The van der Waals surface area contributed by atoms with E-state index in [1.165, 1.54) is 0 Å². The van der Waals surface area contributed by atoms with Crippen LogP contribution in [-0.4, -0.2) is 79.0 Å². The number of ether oxygens (including phenoxy) is 4. The van der Waals surface area contributed by atoms with Crippen LogP contribution >= 0.6 is 27.3 Å². The maximum atomic E-state index is 13.2. The summed E-state index contributed by atoms with van der Waals surface area (Å²) in [5, 5.41) is 3.40. The topological polar surface area (TPSA) is 110 Å². The fraction of sp³-hybridized carbons (Fsp3) is 0.286. The maximum absolute atomic E-state index is 13.2. The minimum Gasteiger partial charge on any atom is -0.497 e. The van der Waals surface area contributed by atoms with E-state index in [4.69, 9.17) is 18.9 Å².